The molecule has 17 nitrogen and oxygen atoms in total. The van der Waals surface area contributed by atoms with Crippen molar-refractivity contribution in [3.8, 4) is 11.5 Å². The van der Waals surface area contributed by atoms with Gasteiger partial charge in [-0.1, -0.05) is 29.6 Å². The van der Waals surface area contributed by atoms with E-state index in [9.17, 15) is 19.8 Å². The molecule has 3 amide bonds. The molecule has 5 N–H and O–H groups in total. The van der Waals surface area contributed by atoms with Crippen molar-refractivity contribution in [2.24, 2.45) is 0 Å². The third-order valence-corrected chi connectivity index (χ3v) is 12.4. The summed E-state index contributed by atoms with van der Waals surface area (Å²) in [6.45, 7) is 7.02. The van der Waals surface area contributed by atoms with Crippen LogP contribution in [0.15, 0.2) is 47.4 Å². The molecule has 0 radical (unpaired) electrons. The molecule has 18 heteroatoms. The topological polar surface area (TPSA) is 202 Å². The Morgan fingerprint density at radius 3 is 2.63 bits per heavy atom. The Kier molecular flexibility index (Phi) is 11.2. The van der Waals surface area contributed by atoms with E-state index in [1.807, 2.05) is 25.1 Å². The number of aliphatic hydroxyl groups excluding tert-OH is 2. The first-order valence-electron chi connectivity index (χ1n) is 20.6. The number of aromatic nitrogens is 6. The lowest BCUT2D eigenvalue weighted by Gasteiger charge is -2.37. The molecular formula is C41H49ClN12O5. The van der Waals surface area contributed by atoms with Crippen LogP contribution < -0.4 is 20.9 Å². The highest BCUT2D eigenvalue weighted by Gasteiger charge is 2.39. The number of piperazine rings is 1. The van der Waals surface area contributed by atoms with Crippen molar-refractivity contribution in [1.29, 1.82) is 0 Å². The fourth-order valence-electron chi connectivity index (χ4n) is 9.06. The second-order valence-electron chi connectivity index (χ2n) is 16.1. The minimum Gasteiger partial charge on any atom is -0.379 e. The number of urea groups is 1. The predicted molar refractivity (Wildman–Crippen MR) is 220 cm³/mol. The minimum atomic E-state index is -0.946. The summed E-state index contributed by atoms with van der Waals surface area (Å²) in [5.74, 6) is 1.17. The van der Waals surface area contributed by atoms with Gasteiger partial charge in [0.1, 0.15) is 23.2 Å². The predicted octanol–water partition coefficient (Wildman–Crippen LogP) is 4.93. The van der Waals surface area contributed by atoms with Gasteiger partial charge in [0.25, 0.3) is 5.91 Å². The van der Waals surface area contributed by atoms with Crippen LogP contribution in [0.1, 0.15) is 90.4 Å². The lowest BCUT2D eigenvalue weighted by atomic mass is 10.0. The molecule has 1 aliphatic carbocycles. The van der Waals surface area contributed by atoms with E-state index >= 15 is 0 Å². The lowest BCUT2D eigenvalue weighted by molar-refractivity contribution is -0.0477. The number of hydrogen-bond acceptors (Lipinski definition) is 13. The summed E-state index contributed by atoms with van der Waals surface area (Å²) in [7, 11) is 0. The zero-order chi connectivity index (χ0) is 40.6. The number of benzene rings is 1. The molecule has 2 saturated heterocycles. The molecular weight excluding hydrogens is 776 g/mol. The van der Waals surface area contributed by atoms with E-state index in [0.717, 1.165) is 93.8 Å². The third-order valence-electron chi connectivity index (χ3n) is 12.2. The fraction of sp³-hybridized carbons (Fsp3) is 0.488. The summed E-state index contributed by atoms with van der Waals surface area (Å²) in [5.41, 5.74) is 6.78. The van der Waals surface area contributed by atoms with Gasteiger partial charge in [-0.3, -0.25) is 20.0 Å². The van der Waals surface area contributed by atoms with Gasteiger partial charge in [-0.05, 0) is 87.4 Å². The van der Waals surface area contributed by atoms with Crippen LogP contribution in [-0.4, -0.2) is 113 Å². The summed E-state index contributed by atoms with van der Waals surface area (Å²) in [4.78, 5) is 46.5. The number of hydrogen-bond donors (Lipinski definition) is 5. The van der Waals surface area contributed by atoms with Crippen LogP contribution in [0.4, 0.5) is 21.9 Å². The quantitative estimate of drug-likeness (QED) is 0.112. The second kappa shape index (κ2) is 16.8. The zero-order valence-corrected chi connectivity index (χ0v) is 33.7. The van der Waals surface area contributed by atoms with E-state index in [1.54, 1.807) is 28.0 Å². The number of anilines is 3. The highest BCUT2D eigenvalue weighted by atomic mass is 35.5. The van der Waals surface area contributed by atoms with Crippen LogP contribution in [0.25, 0.3) is 17.2 Å². The Morgan fingerprint density at radius 1 is 1.00 bits per heavy atom. The molecule has 1 saturated carbocycles. The number of pyridine rings is 1. The number of carbonyl (C=O) groups excluding carboxylic acids is 2. The average Bonchev–Trinajstić information content (AvgIpc) is 4.05. The number of amides is 3. The number of aliphatic hydroxyl groups is 2. The number of halogens is 1. The number of fused-ring (bicyclic) bond motifs is 2. The first-order chi connectivity index (χ1) is 28.7. The van der Waals surface area contributed by atoms with Gasteiger partial charge in [0.15, 0.2) is 5.65 Å². The highest BCUT2D eigenvalue weighted by Crippen LogP contribution is 2.38. The molecule has 3 atom stereocenters. The van der Waals surface area contributed by atoms with Crippen molar-refractivity contribution in [2.75, 3.05) is 48.3 Å². The molecule has 4 aromatic heterocycles. The maximum absolute atomic E-state index is 13.2. The van der Waals surface area contributed by atoms with Crippen LogP contribution in [0.5, 0.6) is 0 Å². The molecule has 9 rings (SSSR count). The van der Waals surface area contributed by atoms with Gasteiger partial charge >= 0.3 is 6.03 Å². The smallest absolute Gasteiger partial charge is 0.323 e. The highest BCUT2D eigenvalue weighted by molar-refractivity contribution is 6.33. The summed E-state index contributed by atoms with van der Waals surface area (Å²) < 4.78 is 7.33. The second-order valence-corrected chi connectivity index (χ2v) is 16.5. The van der Waals surface area contributed by atoms with Crippen LogP contribution >= 0.6 is 11.6 Å². The van der Waals surface area contributed by atoms with Crippen molar-refractivity contribution in [3.05, 3.63) is 76.2 Å². The Bertz CT molecular complexity index is 2340. The van der Waals surface area contributed by atoms with E-state index in [1.165, 1.54) is 0 Å². The van der Waals surface area contributed by atoms with Crippen molar-refractivity contribution in [3.63, 3.8) is 0 Å². The first kappa shape index (κ1) is 39.3. The average molecular weight is 825 g/mol. The van der Waals surface area contributed by atoms with Gasteiger partial charge in [-0.15, -0.1) is 0 Å². The Morgan fingerprint density at radius 2 is 1.83 bits per heavy atom. The van der Waals surface area contributed by atoms with Crippen molar-refractivity contribution >= 4 is 46.2 Å². The van der Waals surface area contributed by atoms with Crippen molar-refractivity contribution < 1.29 is 24.3 Å². The monoisotopic (exact) mass is 824 g/mol. The number of rotatable bonds is 11. The number of nitrogens with zero attached hydrogens (tertiary/aromatic N) is 9. The number of piperidine rings is 1. The Balaban J connectivity index is 0.726. The van der Waals surface area contributed by atoms with Crippen molar-refractivity contribution in [1.82, 2.24) is 44.8 Å². The molecule has 0 bridgehead atoms. The Hall–Kier alpha value is -5.20. The van der Waals surface area contributed by atoms with E-state index in [0.29, 0.717) is 70.8 Å². The standard InChI is InChI=1S/C41H49ClN12O5/c1-24-18-27(46-41(58)47-31-22-44-38-30(42)21-45-54(38)36(31)25-6-2-3-7-25)20-43-35(24)37-49-34(59-50-37)8-4-5-13-51-14-16-52(17-15-51)28-9-10-29-26(19-28)23-53(40(29)57)32-11-12-33(55)48-39(32)56/h9-10,18-22,25,32-33,39,48,55-56H,2-8,11-17,23H2,1H3,(H2,46,47,58). The van der Waals surface area contributed by atoms with Gasteiger partial charge in [-0.25, -0.2) is 14.3 Å². The molecule has 3 aliphatic heterocycles. The zero-order valence-electron chi connectivity index (χ0n) is 33.0. The number of aryl methyl sites for hydroxylation is 2. The molecule has 4 aliphatic rings. The van der Waals surface area contributed by atoms with Crippen LogP contribution in [-0.2, 0) is 13.0 Å². The largest absolute Gasteiger partial charge is 0.379 e. The number of nitrogens with one attached hydrogen (secondary N) is 3. The maximum atomic E-state index is 13.2. The first-order valence-corrected chi connectivity index (χ1v) is 21.0. The van der Waals surface area contributed by atoms with Gasteiger partial charge in [0.2, 0.25) is 11.7 Å². The summed E-state index contributed by atoms with van der Waals surface area (Å²) >= 11 is 6.31. The molecule has 7 heterocycles. The number of unbranched alkanes of at least 4 members (excludes halogenated alkanes) is 1. The summed E-state index contributed by atoms with van der Waals surface area (Å²) in [6.07, 6.45) is 11.0. The van der Waals surface area contributed by atoms with Gasteiger partial charge in [0.05, 0.1) is 41.7 Å². The molecule has 310 valence electrons. The van der Waals surface area contributed by atoms with Crippen molar-refractivity contribution in [2.45, 2.75) is 95.7 Å². The third kappa shape index (κ3) is 8.21. The van der Waals surface area contributed by atoms with Crippen LogP contribution in [0, 0.1) is 6.92 Å². The fourth-order valence-corrected chi connectivity index (χ4v) is 9.24. The van der Waals surface area contributed by atoms with E-state index in [2.05, 4.69) is 57.0 Å². The molecule has 3 unspecified atom stereocenters. The van der Waals surface area contributed by atoms with E-state index in [-0.39, 0.29) is 17.9 Å². The van der Waals surface area contributed by atoms with Gasteiger partial charge < -0.3 is 35.2 Å². The van der Waals surface area contributed by atoms with E-state index in [4.69, 9.17) is 16.1 Å². The molecule has 5 aromatic rings. The summed E-state index contributed by atoms with van der Waals surface area (Å²) in [6, 6.07) is 7.12. The van der Waals surface area contributed by atoms with Gasteiger partial charge in [0, 0.05) is 56.3 Å². The van der Waals surface area contributed by atoms with E-state index < -0.39 is 18.5 Å². The maximum Gasteiger partial charge on any atom is 0.323 e. The van der Waals surface area contributed by atoms with Crippen LogP contribution in [0.3, 0.4) is 0 Å². The molecule has 0 spiro atoms. The molecule has 3 fully saturated rings. The normalized spacial score (nSPS) is 21.4. The van der Waals surface area contributed by atoms with Gasteiger partial charge in [-0.2, -0.15) is 10.1 Å². The minimum absolute atomic E-state index is 0.0637. The Labute approximate surface area is 346 Å². The molecule has 59 heavy (non-hydrogen) atoms. The number of carbonyl (C=O) groups is 2. The molecule has 1 aromatic carbocycles. The van der Waals surface area contributed by atoms with Crippen LogP contribution in [0.2, 0.25) is 5.02 Å². The lowest BCUT2D eigenvalue weighted by Crippen LogP contribution is -2.56. The SMILES string of the molecule is Cc1cc(NC(=O)Nc2cnc3c(Cl)cnn3c2C2CCCC2)cnc1-c1noc(CCCCN2CCN(c3ccc4c(c3)CN(C3CCC(O)NC3O)C4=O)CC2)n1. The summed E-state index contributed by atoms with van der Waals surface area (Å²) in [5, 5.41) is 38.0.